The lowest BCUT2D eigenvalue weighted by Crippen LogP contribution is -2.39. The molecule has 1 heterocycles. The molecule has 1 aliphatic heterocycles. The van der Waals surface area contributed by atoms with Gasteiger partial charge in [-0.05, 0) is 30.7 Å². The highest BCUT2D eigenvalue weighted by Gasteiger charge is 2.34. The molecule has 0 saturated carbocycles. The molecule has 0 spiro atoms. The van der Waals surface area contributed by atoms with E-state index in [2.05, 4.69) is 5.32 Å². The summed E-state index contributed by atoms with van der Waals surface area (Å²) in [5, 5.41) is 3.30. The summed E-state index contributed by atoms with van der Waals surface area (Å²) in [4.78, 5) is 27.7. The van der Waals surface area contributed by atoms with Crippen LogP contribution < -0.4 is 5.32 Å². The van der Waals surface area contributed by atoms with E-state index < -0.39 is 6.04 Å². The number of carbonyl (C=O) groups excluding carboxylic acids is 2. The van der Waals surface area contributed by atoms with Gasteiger partial charge in [0.05, 0.1) is 16.6 Å². The number of nitrogens with one attached hydrogen (secondary N) is 1. The number of nitrogens with zero attached hydrogens (tertiary/aromatic N) is 1. The molecule has 28 heavy (non-hydrogen) atoms. The van der Waals surface area contributed by atoms with Gasteiger partial charge < -0.3 is 10.2 Å². The van der Waals surface area contributed by atoms with Gasteiger partial charge in [-0.15, -0.1) is 0 Å². The van der Waals surface area contributed by atoms with Crippen LogP contribution in [0, 0.1) is 6.92 Å². The molecule has 2 amide bonds. The fourth-order valence-electron chi connectivity index (χ4n) is 3.60. The van der Waals surface area contributed by atoms with Crippen molar-refractivity contribution >= 4 is 29.1 Å². The lowest BCUT2D eigenvalue weighted by atomic mass is 9.94. The van der Waals surface area contributed by atoms with Crippen molar-refractivity contribution in [2.24, 2.45) is 0 Å². The van der Waals surface area contributed by atoms with Crippen molar-refractivity contribution in [2.75, 3.05) is 11.9 Å². The van der Waals surface area contributed by atoms with Crippen molar-refractivity contribution < 1.29 is 9.59 Å². The summed E-state index contributed by atoms with van der Waals surface area (Å²) < 4.78 is 0. The van der Waals surface area contributed by atoms with Gasteiger partial charge >= 0.3 is 0 Å². The summed E-state index contributed by atoms with van der Waals surface area (Å²) >= 11 is 6.29. The summed E-state index contributed by atoms with van der Waals surface area (Å²) in [6.45, 7) is 1.94. The Bertz CT molecular complexity index is 1050. The number of aryl methyl sites for hydroxylation is 1. The number of hydrogen-bond acceptors (Lipinski definition) is 2. The molecule has 0 saturated heterocycles. The zero-order valence-electron chi connectivity index (χ0n) is 15.4. The van der Waals surface area contributed by atoms with E-state index >= 15 is 0 Å². The quantitative estimate of drug-likeness (QED) is 0.681. The predicted octanol–water partition coefficient (Wildman–Crippen LogP) is 4.83. The molecule has 1 atom stereocenters. The SMILES string of the molecule is Cc1ccc2c(c1)[C@@H](c1ccccc1)N(C(=O)c1ccccc1Cl)CC(=O)N2. The number of hydrogen-bond donors (Lipinski definition) is 1. The zero-order valence-corrected chi connectivity index (χ0v) is 16.1. The normalized spacial score (nSPS) is 16.1. The van der Waals surface area contributed by atoms with Gasteiger partial charge in [0.2, 0.25) is 5.91 Å². The second-order valence-corrected chi connectivity index (χ2v) is 7.27. The monoisotopic (exact) mass is 390 g/mol. The van der Waals surface area contributed by atoms with Gasteiger partial charge in [-0.3, -0.25) is 9.59 Å². The molecule has 0 unspecified atom stereocenters. The molecule has 3 aromatic carbocycles. The van der Waals surface area contributed by atoms with Gasteiger partial charge in [-0.2, -0.15) is 0 Å². The first kappa shape index (κ1) is 18.3. The van der Waals surface area contributed by atoms with Crippen LogP contribution in [-0.4, -0.2) is 23.3 Å². The van der Waals surface area contributed by atoms with Gasteiger partial charge in [0, 0.05) is 11.3 Å². The minimum absolute atomic E-state index is 0.0582. The molecule has 0 fully saturated rings. The lowest BCUT2D eigenvalue weighted by molar-refractivity contribution is -0.117. The molecule has 0 aliphatic carbocycles. The Hall–Kier alpha value is -3.11. The summed E-state index contributed by atoms with van der Waals surface area (Å²) in [6, 6.07) is 22.1. The number of halogens is 1. The largest absolute Gasteiger partial charge is 0.324 e. The smallest absolute Gasteiger partial charge is 0.256 e. The maximum absolute atomic E-state index is 13.5. The van der Waals surface area contributed by atoms with Crippen LogP contribution in [-0.2, 0) is 4.79 Å². The maximum Gasteiger partial charge on any atom is 0.256 e. The van der Waals surface area contributed by atoms with Crippen molar-refractivity contribution in [1.82, 2.24) is 4.90 Å². The van der Waals surface area contributed by atoms with E-state index in [0.29, 0.717) is 10.6 Å². The molecule has 5 heteroatoms. The molecule has 0 bridgehead atoms. The summed E-state index contributed by atoms with van der Waals surface area (Å²) in [5.41, 5.74) is 3.98. The summed E-state index contributed by atoms with van der Waals surface area (Å²) in [7, 11) is 0. The van der Waals surface area contributed by atoms with E-state index in [9.17, 15) is 9.59 Å². The fourth-order valence-corrected chi connectivity index (χ4v) is 3.82. The Morgan fingerprint density at radius 2 is 1.75 bits per heavy atom. The van der Waals surface area contributed by atoms with E-state index in [1.807, 2.05) is 55.5 Å². The molecule has 1 aliphatic rings. The maximum atomic E-state index is 13.5. The van der Waals surface area contributed by atoms with Crippen LogP contribution in [0.4, 0.5) is 5.69 Å². The Balaban J connectivity index is 1.91. The summed E-state index contributed by atoms with van der Waals surface area (Å²) in [6.07, 6.45) is 0. The number of carbonyl (C=O) groups is 2. The highest BCUT2D eigenvalue weighted by Crippen LogP contribution is 2.37. The Morgan fingerprint density at radius 3 is 2.50 bits per heavy atom. The highest BCUT2D eigenvalue weighted by atomic mass is 35.5. The minimum atomic E-state index is -0.404. The number of amides is 2. The van der Waals surface area contributed by atoms with Crippen LogP contribution in [0.25, 0.3) is 0 Å². The number of anilines is 1. The van der Waals surface area contributed by atoms with E-state index in [1.165, 1.54) is 0 Å². The average molecular weight is 391 g/mol. The first-order valence-electron chi connectivity index (χ1n) is 9.05. The van der Waals surface area contributed by atoms with Crippen molar-refractivity contribution in [3.05, 3.63) is 100 Å². The van der Waals surface area contributed by atoms with Crippen LogP contribution in [0.2, 0.25) is 5.02 Å². The van der Waals surface area contributed by atoms with Crippen molar-refractivity contribution in [1.29, 1.82) is 0 Å². The second-order valence-electron chi connectivity index (χ2n) is 6.87. The number of rotatable bonds is 2. The second kappa shape index (κ2) is 7.49. The molecule has 1 N–H and O–H groups in total. The number of fused-ring (bicyclic) bond motifs is 1. The van der Waals surface area contributed by atoms with Gasteiger partial charge in [0.25, 0.3) is 5.91 Å². The predicted molar refractivity (Wildman–Crippen MR) is 111 cm³/mol. The van der Waals surface area contributed by atoms with Gasteiger partial charge in [0.1, 0.15) is 6.54 Å². The molecule has 4 nitrogen and oxygen atoms in total. The Labute approximate surface area is 168 Å². The van der Waals surface area contributed by atoms with Gasteiger partial charge in [-0.25, -0.2) is 0 Å². The van der Waals surface area contributed by atoms with Crippen LogP contribution in [0.3, 0.4) is 0 Å². The highest BCUT2D eigenvalue weighted by molar-refractivity contribution is 6.33. The lowest BCUT2D eigenvalue weighted by Gasteiger charge is -2.31. The fraction of sp³-hybridized carbons (Fsp3) is 0.130. The third-order valence-electron chi connectivity index (χ3n) is 4.88. The standard InChI is InChI=1S/C23H19ClN2O2/c1-15-11-12-20-18(13-15)22(16-7-3-2-4-8-16)26(14-21(27)25-20)23(28)17-9-5-6-10-19(17)24/h2-13,22H,14H2,1H3,(H,25,27)/t22-/m1/s1. The van der Waals surface area contributed by atoms with Crippen LogP contribution in [0.1, 0.15) is 33.1 Å². The third-order valence-corrected chi connectivity index (χ3v) is 5.21. The molecular weight excluding hydrogens is 372 g/mol. The van der Waals surface area contributed by atoms with Crippen molar-refractivity contribution in [3.8, 4) is 0 Å². The van der Waals surface area contributed by atoms with Crippen molar-refractivity contribution in [2.45, 2.75) is 13.0 Å². The number of benzene rings is 3. The van der Waals surface area contributed by atoms with Crippen molar-refractivity contribution in [3.63, 3.8) is 0 Å². The topological polar surface area (TPSA) is 49.4 Å². The van der Waals surface area contributed by atoms with Crippen LogP contribution >= 0.6 is 11.6 Å². The summed E-state index contributed by atoms with van der Waals surface area (Å²) in [5.74, 6) is -0.507. The Morgan fingerprint density at radius 1 is 1.04 bits per heavy atom. The first-order valence-corrected chi connectivity index (χ1v) is 9.43. The van der Waals surface area contributed by atoms with E-state index in [-0.39, 0.29) is 18.4 Å². The van der Waals surface area contributed by atoms with E-state index in [1.54, 1.807) is 29.2 Å². The van der Waals surface area contributed by atoms with Crippen LogP contribution in [0.5, 0.6) is 0 Å². The van der Waals surface area contributed by atoms with Gasteiger partial charge in [0.15, 0.2) is 0 Å². The average Bonchev–Trinajstić information content (AvgIpc) is 2.84. The molecule has 4 rings (SSSR count). The van der Waals surface area contributed by atoms with E-state index in [4.69, 9.17) is 11.6 Å². The zero-order chi connectivity index (χ0) is 19.7. The molecule has 140 valence electrons. The molecule has 3 aromatic rings. The minimum Gasteiger partial charge on any atom is -0.324 e. The molecular formula is C23H19ClN2O2. The first-order chi connectivity index (χ1) is 13.5. The molecule has 0 aromatic heterocycles. The Kier molecular flexibility index (Phi) is 4.88. The van der Waals surface area contributed by atoms with Gasteiger partial charge in [-0.1, -0.05) is 71.8 Å². The van der Waals surface area contributed by atoms with Crippen LogP contribution in [0.15, 0.2) is 72.8 Å². The third kappa shape index (κ3) is 3.39. The van der Waals surface area contributed by atoms with E-state index in [0.717, 1.165) is 22.4 Å². The molecule has 0 radical (unpaired) electrons.